The van der Waals surface area contributed by atoms with Crippen LogP contribution in [0.1, 0.15) is 64.7 Å². The largest absolute Gasteiger partial charge is 0.162 e. The Hall–Kier alpha value is 0.350. The molecule has 0 aromatic rings. The van der Waals surface area contributed by atoms with Crippen LogP contribution >= 0.6 is 11.8 Å². The number of rotatable bonds is 11. The second-order valence-corrected chi connectivity index (χ2v) is 5.17. The van der Waals surface area contributed by atoms with Crippen LogP contribution in [0.25, 0.3) is 0 Å². The summed E-state index contributed by atoms with van der Waals surface area (Å²) in [5, 5.41) is 0. The number of unbranched alkanes of at least 4 members (excludes halogenated alkanes) is 7. The molecule has 0 amide bonds. The molecule has 0 saturated heterocycles. The zero-order chi connectivity index (χ0) is 10.5. The normalized spacial score (nSPS) is 10.7. The van der Waals surface area contributed by atoms with E-state index >= 15 is 0 Å². The van der Waals surface area contributed by atoms with E-state index in [0.29, 0.717) is 0 Å². The lowest BCUT2D eigenvalue weighted by molar-refractivity contribution is 0.603. The van der Waals surface area contributed by atoms with Crippen molar-refractivity contribution in [1.29, 1.82) is 0 Å². The summed E-state index contributed by atoms with van der Waals surface area (Å²) < 4.78 is 0. The van der Waals surface area contributed by atoms with Crippen LogP contribution < -0.4 is 0 Å². The summed E-state index contributed by atoms with van der Waals surface area (Å²) in [4.78, 5) is 0. The topological polar surface area (TPSA) is 0 Å². The standard InChI is InChI=1S/C13H27S/c1-3-5-7-8-9-10-11-13-14-12-6-4-2/h2-13H2,1H3. The van der Waals surface area contributed by atoms with Crippen molar-refractivity contribution in [1.82, 2.24) is 0 Å². The van der Waals surface area contributed by atoms with E-state index in [4.69, 9.17) is 0 Å². The van der Waals surface area contributed by atoms with Crippen LogP contribution in [-0.2, 0) is 0 Å². The van der Waals surface area contributed by atoms with E-state index in [0.717, 1.165) is 6.42 Å². The maximum atomic E-state index is 3.85. The van der Waals surface area contributed by atoms with Gasteiger partial charge in [-0.15, -0.1) is 0 Å². The van der Waals surface area contributed by atoms with Crippen LogP contribution in [0.3, 0.4) is 0 Å². The maximum absolute atomic E-state index is 3.85. The van der Waals surface area contributed by atoms with Crippen molar-refractivity contribution < 1.29 is 0 Å². The van der Waals surface area contributed by atoms with Gasteiger partial charge in [-0.25, -0.2) is 0 Å². The first kappa shape index (κ1) is 14.3. The Balaban J connectivity index is 2.78. The molecule has 0 heterocycles. The first-order valence-electron chi connectivity index (χ1n) is 6.28. The predicted octanol–water partition coefficient (Wildman–Crippen LogP) is 5.08. The minimum atomic E-state index is 1.10. The van der Waals surface area contributed by atoms with E-state index in [1.165, 1.54) is 62.9 Å². The lowest BCUT2D eigenvalue weighted by Gasteiger charge is -2.01. The Bertz CT molecular complexity index is 79.2. The fraction of sp³-hybridized carbons (Fsp3) is 0.923. The van der Waals surface area contributed by atoms with E-state index in [-0.39, 0.29) is 0 Å². The molecule has 0 saturated carbocycles. The number of thioether (sulfide) groups is 1. The van der Waals surface area contributed by atoms with Crippen LogP contribution in [0.15, 0.2) is 0 Å². The minimum Gasteiger partial charge on any atom is -0.162 e. The van der Waals surface area contributed by atoms with Gasteiger partial charge in [-0.05, 0) is 24.3 Å². The molecule has 85 valence electrons. The van der Waals surface area contributed by atoms with Gasteiger partial charge in [-0.3, -0.25) is 0 Å². The molecule has 0 nitrogen and oxygen atoms in total. The highest BCUT2D eigenvalue weighted by Gasteiger charge is 1.91. The monoisotopic (exact) mass is 215 g/mol. The third-order valence-corrected chi connectivity index (χ3v) is 3.59. The van der Waals surface area contributed by atoms with Gasteiger partial charge in [-0.2, -0.15) is 11.8 Å². The van der Waals surface area contributed by atoms with E-state index in [9.17, 15) is 0 Å². The molecule has 0 atom stereocenters. The molecule has 0 rings (SSSR count). The van der Waals surface area contributed by atoms with Gasteiger partial charge in [0, 0.05) is 0 Å². The van der Waals surface area contributed by atoms with Crippen molar-refractivity contribution in [3.8, 4) is 0 Å². The SMILES string of the molecule is [CH2]CCCSCCCCCCCCC. The average Bonchev–Trinajstić information content (AvgIpc) is 2.21. The van der Waals surface area contributed by atoms with Crippen molar-refractivity contribution in [3.05, 3.63) is 6.92 Å². The van der Waals surface area contributed by atoms with Crippen molar-refractivity contribution in [2.75, 3.05) is 11.5 Å². The summed E-state index contributed by atoms with van der Waals surface area (Å²) in [7, 11) is 0. The minimum absolute atomic E-state index is 1.10. The average molecular weight is 215 g/mol. The molecular weight excluding hydrogens is 188 g/mol. The zero-order valence-electron chi connectivity index (χ0n) is 9.89. The number of hydrogen-bond acceptors (Lipinski definition) is 1. The van der Waals surface area contributed by atoms with Gasteiger partial charge in [0.05, 0.1) is 0 Å². The quantitative estimate of drug-likeness (QED) is 0.433. The molecule has 0 N–H and O–H groups in total. The summed E-state index contributed by atoms with van der Waals surface area (Å²) in [6.07, 6.45) is 12.4. The predicted molar refractivity (Wildman–Crippen MR) is 69.9 cm³/mol. The highest BCUT2D eigenvalue weighted by molar-refractivity contribution is 7.99. The fourth-order valence-electron chi connectivity index (χ4n) is 1.47. The highest BCUT2D eigenvalue weighted by atomic mass is 32.2. The first-order valence-corrected chi connectivity index (χ1v) is 7.44. The molecular formula is C13H27S. The second kappa shape index (κ2) is 13.4. The van der Waals surface area contributed by atoms with Gasteiger partial charge < -0.3 is 0 Å². The molecule has 0 aliphatic carbocycles. The van der Waals surface area contributed by atoms with Crippen LogP contribution in [0, 0.1) is 6.92 Å². The van der Waals surface area contributed by atoms with Crippen molar-refractivity contribution in [3.63, 3.8) is 0 Å². The van der Waals surface area contributed by atoms with Crippen LogP contribution in [0.2, 0.25) is 0 Å². The molecule has 0 unspecified atom stereocenters. The molecule has 0 fully saturated rings. The molecule has 0 aromatic carbocycles. The van der Waals surface area contributed by atoms with Gasteiger partial charge >= 0.3 is 0 Å². The molecule has 14 heavy (non-hydrogen) atoms. The molecule has 0 aliphatic rings. The van der Waals surface area contributed by atoms with Crippen molar-refractivity contribution in [2.24, 2.45) is 0 Å². The van der Waals surface area contributed by atoms with E-state index in [1.54, 1.807) is 0 Å². The lowest BCUT2D eigenvalue weighted by atomic mass is 10.1. The smallest absolute Gasteiger partial charge is 0.00675 e. The summed E-state index contributed by atoms with van der Waals surface area (Å²) in [6, 6.07) is 0. The van der Waals surface area contributed by atoms with Gasteiger partial charge in [-0.1, -0.05) is 58.8 Å². The zero-order valence-corrected chi connectivity index (χ0v) is 10.7. The Kier molecular flexibility index (Phi) is 13.7. The third kappa shape index (κ3) is 12.3. The Labute approximate surface area is 95.2 Å². The van der Waals surface area contributed by atoms with E-state index in [1.807, 2.05) is 0 Å². The van der Waals surface area contributed by atoms with Crippen LogP contribution in [-0.4, -0.2) is 11.5 Å². The Morgan fingerprint density at radius 1 is 0.786 bits per heavy atom. The van der Waals surface area contributed by atoms with Gasteiger partial charge in [0.2, 0.25) is 0 Å². The molecule has 0 aliphatic heterocycles. The third-order valence-electron chi connectivity index (χ3n) is 2.43. The fourth-order valence-corrected chi connectivity index (χ4v) is 2.49. The van der Waals surface area contributed by atoms with E-state index in [2.05, 4.69) is 25.6 Å². The molecule has 0 bridgehead atoms. The van der Waals surface area contributed by atoms with Crippen molar-refractivity contribution >= 4 is 11.8 Å². The van der Waals surface area contributed by atoms with Crippen LogP contribution in [0.5, 0.6) is 0 Å². The summed E-state index contributed by atoms with van der Waals surface area (Å²) >= 11 is 2.11. The first-order chi connectivity index (χ1) is 6.91. The second-order valence-electron chi connectivity index (χ2n) is 3.94. The summed E-state index contributed by atoms with van der Waals surface area (Å²) in [5.41, 5.74) is 0. The summed E-state index contributed by atoms with van der Waals surface area (Å²) in [5.74, 6) is 2.69. The van der Waals surface area contributed by atoms with Gasteiger partial charge in [0.15, 0.2) is 0 Å². The van der Waals surface area contributed by atoms with Gasteiger partial charge in [0.25, 0.3) is 0 Å². The summed E-state index contributed by atoms with van der Waals surface area (Å²) in [6.45, 7) is 6.13. The molecule has 0 aromatic heterocycles. The molecule has 1 heteroatoms. The van der Waals surface area contributed by atoms with Gasteiger partial charge in [0.1, 0.15) is 0 Å². The highest BCUT2D eigenvalue weighted by Crippen LogP contribution is 2.11. The number of hydrogen-bond donors (Lipinski definition) is 0. The van der Waals surface area contributed by atoms with E-state index < -0.39 is 0 Å². The Morgan fingerprint density at radius 2 is 1.36 bits per heavy atom. The molecule has 0 spiro atoms. The lowest BCUT2D eigenvalue weighted by Crippen LogP contribution is -1.85. The molecule has 1 radical (unpaired) electrons. The Morgan fingerprint density at radius 3 is 2.00 bits per heavy atom. The maximum Gasteiger partial charge on any atom is -0.00675 e. The van der Waals surface area contributed by atoms with Crippen molar-refractivity contribution in [2.45, 2.75) is 64.7 Å². The van der Waals surface area contributed by atoms with Crippen LogP contribution in [0.4, 0.5) is 0 Å².